The van der Waals surface area contributed by atoms with E-state index in [0.717, 1.165) is 42.6 Å². The van der Waals surface area contributed by atoms with Crippen LogP contribution in [0.2, 0.25) is 5.02 Å². The van der Waals surface area contributed by atoms with Crippen molar-refractivity contribution in [1.29, 1.82) is 0 Å². The van der Waals surface area contributed by atoms with Crippen LogP contribution in [0.4, 0.5) is 16.5 Å². The number of nitrogens with zero attached hydrogens (tertiary/aromatic N) is 3. The third-order valence-corrected chi connectivity index (χ3v) is 6.96. The third kappa shape index (κ3) is 5.32. The second-order valence-corrected chi connectivity index (χ2v) is 9.76. The summed E-state index contributed by atoms with van der Waals surface area (Å²) < 4.78 is 11.5. The monoisotopic (exact) mass is 504 g/mol. The van der Waals surface area contributed by atoms with Crippen molar-refractivity contribution in [3.63, 3.8) is 0 Å². The molecule has 5 rings (SSSR count). The van der Waals surface area contributed by atoms with Gasteiger partial charge < -0.3 is 19.0 Å². The molecule has 0 saturated carbocycles. The predicted octanol–water partition coefficient (Wildman–Crippen LogP) is 6.60. The van der Waals surface area contributed by atoms with Crippen LogP contribution in [-0.4, -0.2) is 49.2 Å². The number of oxazole rings is 1. The number of hydrogen-bond acceptors (Lipinski definition) is 6. The van der Waals surface area contributed by atoms with E-state index in [1.54, 1.807) is 24.3 Å². The number of nitrogens with one attached hydrogen (secondary N) is 1. The molecule has 0 aliphatic carbocycles. The molecule has 7 nitrogen and oxygen atoms in total. The minimum Gasteiger partial charge on any atom is -0.423 e. The highest BCUT2D eigenvalue weighted by molar-refractivity contribution is 6.30. The zero-order valence-corrected chi connectivity index (χ0v) is 21.4. The van der Waals surface area contributed by atoms with E-state index in [0.29, 0.717) is 39.6 Å². The Bertz CT molecular complexity index is 1380. The Balaban J connectivity index is 1.23. The zero-order valence-electron chi connectivity index (χ0n) is 20.6. The molecule has 1 N–H and O–H groups in total. The molecule has 1 aromatic heterocycles. The van der Waals surface area contributed by atoms with Gasteiger partial charge in [-0.15, -0.1) is 0 Å². The molecule has 2 heterocycles. The Kier molecular flexibility index (Phi) is 6.85. The first-order chi connectivity index (χ1) is 17.4. The van der Waals surface area contributed by atoms with Crippen molar-refractivity contribution in [2.75, 3.05) is 37.4 Å². The highest BCUT2D eigenvalue weighted by atomic mass is 35.5. The maximum absolute atomic E-state index is 12.5. The first kappa shape index (κ1) is 24.2. The normalized spacial score (nSPS) is 14.7. The summed E-state index contributed by atoms with van der Waals surface area (Å²) in [6.45, 7) is 4.14. The maximum atomic E-state index is 12.5. The number of rotatable bonds is 5. The molecule has 0 spiro atoms. The van der Waals surface area contributed by atoms with E-state index in [-0.39, 0.29) is 0 Å². The molecule has 1 aliphatic rings. The van der Waals surface area contributed by atoms with Crippen molar-refractivity contribution in [2.24, 2.45) is 0 Å². The number of carbonyl (C=O) groups excluding carboxylic acids is 1. The quantitative estimate of drug-likeness (QED) is 0.330. The Hall–Kier alpha value is -3.55. The number of anilines is 2. The summed E-state index contributed by atoms with van der Waals surface area (Å²) in [5.41, 5.74) is 5.13. The van der Waals surface area contributed by atoms with Crippen LogP contribution >= 0.6 is 11.6 Å². The van der Waals surface area contributed by atoms with Crippen LogP contribution in [0, 0.1) is 6.92 Å². The Morgan fingerprint density at radius 3 is 2.58 bits per heavy atom. The van der Waals surface area contributed by atoms with Gasteiger partial charge in [-0.25, -0.2) is 4.79 Å². The number of fused-ring (bicyclic) bond motifs is 1. The molecule has 1 saturated heterocycles. The number of likely N-dealkylation sites (tertiary alicyclic amines) is 1. The van der Waals surface area contributed by atoms with Crippen LogP contribution in [0.5, 0.6) is 5.75 Å². The fourth-order valence-corrected chi connectivity index (χ4v) is 4.81. The van der Waals surface area contributed by atoms with Gasteiger partial charge in [-0.1, -0.05) is 29.8 Å². The smallest absolute Gasteiger partial charge is 0.417 e. The van der Waals surface area contributed by atoms with E-state index in [1.165, 1.54) is 0 Å². The summed E-state index contributed by atoms with van der Waals surface area (Å²) >= 11 is 6.06. The molecule has 0 atom stereocenters. The van der Waals surface area contributed by atoms with Gasteiger partial charge in [0.15, 0.2) is 5.58 Å². The van der Waals surface area contributed by atoms with Crippen LogP contribution in [0.25, 0.3) is 22.2 Å². The average Bonchev–Trinajstić information content (AvgIpc) is 3.28. The summed E-state index contributed by atoms with van der Waals surface area (Å²) in [7, 11) is 4.17. The molecule has 1 fully saturated rings. The van der Waals surface area contributed by atoms with Crippen molar-refractivity contribution in [2.45, 2.75) is 25.8 Å². The summed E-state index contributed by atoms with van der Waals surface area (Å²) in [5, 5.41) is 3.48. The van der Waals surface area contributed by atoms with E-state index >= 15 is 0 Å². The topological polar surface area (TPSA) is 70.8 Å². The molecular formula is C28H29ClN4O3. The molecule has 4 aromatic rings. The lowest BCUT2D eigenvalue weighted by molar-refractivity contribution is 0.215. The first-order valence-electron chi connectivity index (χ1n) is 12.0. The van der Waals surface area contributed by atoms with Gasteiger partial charge in [-0.05, 0) is 99.1 Å². The summed E-state index contributed by atoms with van der Waals surface area (Å²) in [6, 6.07) is 19.5. The summed E-state index contributed by atoms with van der Waals surface area (Å²) in [6.07, 6.45) is 1.58. The van der Waals surface area contributed by atoms with E-state index in [2.05, 4.69) is 27.1 Å². The number of amides is 1. The standard InChI is InChI=1S/C28H29ClN4O3/c1-18-16-20(29)6-10-24(18)19-4-8-23(9-5-19)35-28(34)30-21-7-11-26-25(17-21)31-27(36-26)33(3)22-12-14-32(2)15-13-22/h4-11,16-17,22H,12-15H2,1-3H3,(H,30,34). The van der Waals surface area contributed by atoms with Crippen molar-refractivity contribution in [3.05, 3.63) is 71.2 Å². The van der Waals surface area contributed by atoms with Crippen molar-refractivity contribution in [1.82, 2.24) is 9.88 Å². The van der Waals surface area contributed by atoms with E-state index in [9.17, 15) is 4.79 Å². The number of aromatic nitrogens is 1. The number of aryl methyl sites for hydroxylation is 1. The van der Waals surface area contributed by atoms with E-state index in [1.807, 2.05) is 50.4 Å². The average molecular weight is 505 g/mol. The fraction of sp³-hybridized carbons (Fsp3) is 0.286. The molecule has 36 heavy (non-hydrogen) atoms. The van der Waals surface area contributed by atoms with Gasteiger partial charge in [-0.3, -0.25) is 5.32 Å². The third-order valence-electron chi connectivity index (χ3n) is 6.72. The van der Waals surface area contributed by atoms with Gasteiger partial charge in [-0.2, -0.15) is 4.98 Å². The van der Waals surface area contributed by atoms with Gasteiger partial charge in [0.1, 0.15) is 11.3 Å². The van der Waals surface area contributed by atoms with Gasteiger partial charge in [0.25, 0.3) is 6.01 Å². The molecular weight excluding hydrogens is 476 g/mol. The van der Waals surface area contributed by atoms with Crippen LogP contribution < -0.4 is 15.0 Å². The van der Waals surface area contributed by atoms with Crippen molar-refractivity contribution < 1.29 is 13.9 Å². The lowest BCUT2D eigenvalue weighted by Crippen LogP contribution is -2.42. The lowest BCUT2D eigenvalue weighted by atomic mass is 10.0. The summed E-state index contributed by atoms with van der Waals surface area (Å²) in [5.74, 6) is 0.451. The number of hydrogen-bond donors (Lipinski definition) is 1. The second-order valence-electron chi connectivity index (χ2n) is 9.32. The molecule has 8 heteroatoms. The Morgan fingerprint density at radius 2 is 1.86 bits per heavy atom. The van der Waals surface area contributed by atoms with Gasteiger partial charge >= 0.3 is 6.09 Å². The number of ether oxygens (including phenoxy) is 1. The number of halogens is 1. The van der Waals surface area contributed by atoms with E-state index in [4.69, 9.17) is 20.8 Å². The highest BCUT2D eigenvalue weighted by Gasteiger charge is 2.24. The number of carbonyl (C=O) groups is 1. The lowest BCUT2D eigenvalue weighted by Gasteiger charge is -2.34. The number of benzene rings is 3. The maximum Gasteiger partial charge on any atom is 0.417 e. The minimum absolute atomic E-state index is 0.400. The molecule has 3 aromatic carbocycles. The molecule has 0 radical (unpaired) electrons. The number of piperidine rings is 1. The predicted molar refractivity (Wildman–Crippen MR) is 144 cm³/mol. The minimum atomic E-state index is -0.572. The summed E-state index contributed by atoms with van der Waals surface area (Å²) in [4.78, 5) is 21.6. The zero-order chi connectivity index (χ0) is 25.2. The highest BCUT2D eigenvalue weighted by Crippen LogP contribution is 2.29. The van der Waals surface area contributed by atoms with Crippen molar-refractivity contribution in [3.8, 4) is 16.9 Å². The van der Waals surface area contributed by atoms with Crippen molar-refractivity contribution >= 4 is 40.5 Å². The molecule has 1 amide bonds. The molecule has 1 aliphatic heterocycles. The largest absolute Gasteiger partial charge is 0.423 e. The van der Waals surface area contributed by atoms with Gasteiger partial charge in [0, 0.05) is 23.8 Å². The molecule has 186 valence electrons. The van der Waals surface area contributed by atoms with Gasteiger partial charge in [0.2, 0.25) is 0 Å². The Labute approximate surface area is 215 Å². The second kappa shape index (κ2) is 10.2. The van der Waals surface area contributed by atoms with E-state index < -0.39 is 6.09 Å². The SMILES string of the molecule is Cc1cc(Cl)ccc1-c1ccc(OC(=O)Nc2ccc3oc(N(C)C4CCN(C)CC4)nc3c2)cc1. The van der Waals surface area contributed by atoms with Crippen LogP contribution in [0.15, 0.2) is 65.1 Å². The first-order valence-corrected chi connectivity index (χ1v) is 12.4. The molecule has 0 unspecified atom stereocenters. The Morgan fingerprint density at radius 1 is 1.11 bits per heavy atom. The fourth-order valence-electron chi connectivity index (χ4n) is 4.59. The van der Waals surface area contributed by atoms with Crippen LogP contribution in [0.3, 0.4) is 0 Å². The van der Waals surface area contributed by atoms with Crippen LogP contribution in [-0.2, 0) is 0 Å². The molecule has 0 bridgehead atoms. The van der Waals surface area contributed by atoms with Crippen LogP contribution in [0.1, 0.15) is 18.4 Å². The van der Waals surface area contributed by atoms with Gasteiger partial charge in [0.05, 0.1) is 0 Å².